The van der Waals surface area contributed by atoms with Crippen molar-refractivity contribution in [2.75, 3.05) is 0 Å². The molecule has 2 aliphatic rings. The van der Waals surface area contributed by atoms with E-state index in [0.717, 1.165) is 12.8 Å². The molecule has 0 aromatic rings. The monoisotopic (exact) mass is 140 g/mol. The summed E-state index contributed by atoms with van der Waals surface area (Å²) in [7, 11) is 0. The van der Waals surface area contributed by atoms with Gasteiger partial charge < -0.3 is 5.11 Å². The summed E-state index contributed by atoms with van der Waals surface area (Å²) in [5.41, 5.74) is 1.18. The molecule has 0 aromatic carbocycles. The molecule has 2 aliphatic carbocycles. The van der Waals surface area contributed by atoms with Gasteiger partial charge in [0.2, 0.25) is 0 Å². The Balaban J connectivity index is 1.91. The van der Waals surface area contributed by atoms with Gasteiger partial charge in [-0.25, -0.2) is 0 Å². The highest BCUT2D eigenvalue weighted by molar-refractivity contribution is 5.06. The van der Waals surface area contributed by atoms with E-state index in [4.69, 9.17) is 5.11 Å². The normalized spacial score (nSPS) is 35.1. The van der Waals surface area contributed by atoms with Crippen molar-refractivity contribution in [1.82, 2.24) is 0 Å². The molecule has 0 atom stereocenters. The molecule has 0 aromatic heterocycles. The van der Waals surface area contributed by atoms with E-state index in [9.17, 15) is 0 Å². The molecular weight excluding hydrogens is 124 g/mol. The molecule has 1 heteroatoms. The molecule has 58 valence electrons. The van der Waals surface area contributed by atoms with Crippen LogP contribution >= 0.6 is 0 Å². The fourth-order valence-electron chi connectivity index (χ4n) is 3.21. The second-order valence-corrected chi connectivity index (χ2v) is 5.08. The topological polar surface area (TPSA) is 20.2 Å². The molecule has 0 aliphatic heterocycles. The molecule has 0 unspecified atom stereocenters. The summed E-state index contributed by atoms with van der Waals surface area (Å²) in [6.45, 7) is 4.64. The lowest BCUT2D eigenvalue weighted by atomic mass is 9.46. The Labute approximate surface area is 62.4 Å². The Hall–Kier alpha value is -0.0400. The van der Waals surface area contributed by atoms with Crippen LogP contribution in [0.4, 0.5) is 0 Å². The van der Waals surface area contributed by atoms with Gasteiger partial charge in [0.1, 0.15) is 0 Å². The van der Waals surface area contributed by atoms with Crippen LogP contribution in [0.3, 0.4) is 0 Å². The Morgan fingerprint density at radius 3 is 2.00 bits per heavy atom. The van der Waals surface area contributed by atoms with Gasteiger partial charge in [-0.2, -0.15) is 0 Å². The number of rotatable bonds is 0. The average Bonchev–Trinajstić information content (AvgIpc) is 1.55. The number of aliphatic hydroxyl groups excluding tert-OH is 1. The molecule has 1 N–H and O–H groups in total. The van der Waals surface area contributed by atoms with Crippen LogP contribution < -0.4 is 0 Å². The Bertz CT molecular complexity index is 144. The van der Waals surface area contributed by atoms with Crippen LogP contribution in [-0.2, 0) is 0 Å². The second kappa shape index (κ2) is 1.58. The smallest absolute Gasteiger partial charge is 0.0550 e. The van der Waals surface area contributed by atoms with Crippen molar-refractivity contribution in [2.45, 2.75) is 45.6 Å². The van der Waals surface area contributed by atoms with Crippen molar-refractivity contribution in [3.63, 3.8) is 0 Å². The first kappa shape index (κ1) is 6.66. The van der Waals surface area contributed by atoms with Crippen LogP contribution in [0.15, 0.2) is 0 Å². The third-order valence-corrected chi connectivity index (χ3v) is 3.04. The predicted molar refractivity (Wildman–Crippen MR) is 40.7 cm³/mol. The first-order valence-corrected chi connectivity index (χ1v) is 4.20. The van der Waals surface area contributed by atoms with Crippen molar-refractivity contribution in [2.24, 2.45) is 10.8 Å². The van der Waals surface area contributed by atoms with E-state index in [2.05, 4.69) is 13.8 Å². The van der Waals surface area contributed by atoms with Gasteiger partial charge in [-0.05, 0) is 36.5 Å². The summed E-state index contributed by atoms with van der Waals surface area (Å²) < 4.78 is 0. The zero-order valence-corrected chi connectivity index (χ0v) is 6.85. The van der Waals surface area contributed by atoms with Gasteiger partial charge in [-0.3, -0.25) is 0 Å². The lowest BCUT2D eigenvalue weighted by Crippen LogP contribution is -2.53. The molecule has 2 fully saturated rings. The number of hydrogen-bond acceptors (Lipinski definition) is 1. The molecule has 0 amide bonds. The summed E-state index contributed by atoms with van der Waals surface area (Å²) in [6.07, 6.45) is 4.89. The summed E-state index contributed by atoms with van der Waals surface area (Å²) in [6, 6.07) is 0. The summed E-state index contributed by atoms with van der Waals surface area (Å²) in [5, 5.41) is 9.12. The average molecular weight is 140 g/mol. The largest absolute Gasteiger partial charge is 0.393 e. The highest BCUT2D eigenvalue weighted by Gasteiger charge is 2.55. The third kappa shape index (κ3) is 0.800. The van der Waals surface area contributed by atoms with E-state index in [-0.39, 0.29) is 6.10 Å². The van der Waals surface area contributed by atoms with Crippen LogP contribution in [0.1, 0.15) is 39.5 Å². The zero-order valence-electron chi connectivity index (χ0n) is 6.85. The number of hydrogen-bond donors (Lipinski definition) is 1. The van der Waals surface area contributed by atoms with Crippen molar-refractivity contribution in [1.29, 1.82) is 0 Å². The Morgan fingerprint density at radius 1 is 1.20 bits per heavy atom. The van der Waals surface area contributed by atoms with E-state index < -0.39 is 0 Å². The van der Waals surface area contributed by atoms with E-state index in [1.54, 1.807) is 0 Å². The summed E-state index contributed by atoms with van der Waals surface area (Å²) >= 11 is 0. The van der Waals surface area contributed by atoms with Gasteiger partial charge in [-0.15, -0.1) is 0 Å². The fraction of sp³-hybridized carbons (Fsp3) is 1.00. The molecule has 1 nitrogen and oxygen atoms in total. The third-order valence-electron chi connectivity index (χ3n) is 3.04. The Morgan fingerprint density at radius 2 is 1.70 bits per heavy atom. The Kier molecular flexibility index (Phi) is 1.05. The van der Waals surface area contributed by atoms with Gasteiger partial charge in [0.25, 0.3) is 0 Å². The van der Waals surface area contributed by atoms with Crippen molar-refractivity contribution in [3.05, 3.63) is 0 Å². The molecular formula is C9H16O. The van der Waals surface area contributed by atoms with E-state index in [1.807, 2.05) is 0 Å². The highest BCUT2D eigenvalue weighted by Crippen LogP contribution is 2.63. The van der Waals surface area contributed by atoms with Crippen LogP contribution in [0.2, 0.25) is 0 Å². The standard InChI is InChI=1S/C9H16O/c1-8(2)5-9(6-8)3-7(10)4-9/h7,10H,3-6H2,1-2H3. The molecule has 10 heavy (non-hydrogen) atoms. The molecule has 2 rings (SSSR count). The number of aliphatic hydroxyl groups is 1. The fourth-order valence-corrected chi connectivity index (χ4v) is 3.21. The van der Waals surface area contributed by atoms with Crippen LogP contribution in [0, 0.1) is 10.8 Å². The summed E-state index contributed by atoms with van der Waals surface area (Å²) in [4.78, 5) is 0. The first-order chi connectivity index (χ1) is 4.52. The van der Waals surface area contributed by atoms with Crippen LogP contribution in [-0.4, -0.2) is 11.2 Å². The van der Waals surface area contributed by atoms with Crippen LogP contribution in [0.25, 0.3) is 0 Å². The van der Waals surface area contributed by atoms with Gasteiger partial charge in [-0.1, -0.05) is 13.8 Å². The lowest BCUT2D eigenvalue weighted by molar-refractivity contribution is -0.141. The maximum Gasteiger partial charge on any atom is 0.0550 e. The maximum atomic E-state index is 9.12. The van der Waals surface area contributed by atoms with Crippen molar-refractivity contribution >= 4 is 0 Å². The minimum Gasteiger partial charge on any atom is -0.393 e. The SMILES string of the molecule is CC1(C)CC2(CC(O)C2)C1. The van der Waals surface area contributed by atoms with Gasteiger partial charge >= 0.3 is 0 Å². The van der Waals surface area contributed by atoms with E-state index in [0.29, 0.717) is 10.8 Å². The lowest BCUT2D eigenvalue weighted by Gasteiger charge is -2.60. The van der Waals surface area contributed by atoms with Crippen molar-refractivity contribution in [3.8, 4) is 0 Å². The quantitative estimate of drug-likeness (QED) is 0.545. The van der Waals surface area contributed by atoms with Gasteiger partial charge in [0.05, 0.1) is 6.10 Å². The molecule has 2 saturated carbocycles. The molecule has 0 bridgehead atoms. The first-order valence-electron chi connectivity index (χ1n) is 4.20. The minimum atomic E-state index is 0.0381. The van der Waals surface area contributed by atoms with E-state index >= 15 is 0 Å². The molecule has 0 radical (unpaired) electrons. The van der Waals surface area contributed by atoms with Crippen LogP contribution in [0.5, 0.6) is 0 Å². The van der Waals surface area contributed by atoms with Crippen molar-refractivity contribution < 1.29 is 5.11 Å². The van der Waals surface area contributed by atoms with Gasteiger partial charge in [0, 0.05) is 0 Å². The predicted octanol–water partition coefficient (Wildman–Crippen LogP) is 1.95. The minimum absolute atomic E-state index is 0.0381. The summed E-state index contributed by atoms with van der Waals surface area (Å²) in [5.74, 6) is 0. The molecule has 0 saturated heterocycles. The highest BCUT2D eigenvalue weighted by atomic mass is 16.3. The molecule has 1 spiro atoms. The second-order valence-electron chi connectivity index (χ2n) is 5.08. The molecule has 0 heterocycles. The van der Waals surface area contributed by atoms with E-state index in [1.165, 1.54) is 12.8 Å². The maximum absolute atomic E-state index is 9.12. The zero-order chi connectivity index (χ0) is 7.41. The van der Waals surface area contributed by atoms with Gasteiger partial charge in [0.15, 0.2) is 0 Å².